The van der Waals surface area contributed by atoms with E-state index in [9.17, 15) is 9.59 Å². The number of hydrogen-bond acceptors (Lipinski definition) is 5. The van der Waals surface area contributed by atoms with Crippen molar-refractivity contribution in [1.82, 2.24) is 0 Å². The summed E-state index contributed by atoms with van der Waals surface area (Å²) < 4.78 is 11.2. The molecule has 1 aliphatic heterocycles. The van der Waals surface area contributed by atoms with Crippen LogP contribution in [0, 0.1) is 0 Å². The minimum Gasteiger partial charge on any atom is -0.493 e. The maximum atomic E-state index is 13.3. The highest BCUT2D eigenvalue weighted by atomic mass is 16.5. The number of carbonyl (C=O) groups is 2. The van der Waals surface area contributed by atoms with Gasteiger partial charge in [-0.25, -0.2) is 0 Å². The van der Waals surface area contributed by atoms with Crippen molar-refractivity contribution in [3.05, 3.63) is 93.5 Å². The molecule has 0 N–H and O–H groups in total. The smallest absolute Gasteiger partial charge is 0.194 e. The Morgan fingerprint density at radius 1 is 0.735 bits per heavy atom. The molecule has 5 heteroatoms. The average molecular weight is 452 g/mol. The first-order valence-corrected chi connectivity index (χ1v) is 11.8. The highest BCUT2D eigenvalue weighted by molar-refractivity contribution is 6.29. The summed E-state index contributed by atoms with van der Waals surface area (Å²) in [5.74, 6) is 1.49. The second-order valence-corrected chi connectivity index (χ2v) is 9.19. The van der Waals surface area contributed by atoms with E-state index in [4.69, 9.17) is 14.5 Å². The molecule has 34 heavy (non-hydrogen) atoms. The molecule has 2 atom stereocenters. The normalized spacial score (nSPS) is 20.5. The summed E-state index contributed by atoms with van der Waals surface area (Å²) >= 11 is 0. The Labute approximate surface area is 198 Å². The second-order valence-electron chi connectivity index (χ2n) is 9.19. The van der Waals surface area contributed by atoms with E-state index in [0.717, 1.165) is 41.9 Å². The molecule has 170 valence electrons. The van der Waals surface area contributed by atoms with Gasteiger partial charge < -0.3 is 9.47 Å². The maximum absolute atomic E-state index is 13.3. The van der Waals surface area contributed by atoms with Gasteiger partial charge in [-0.3, -0.25) is 14.6 Å². The van der Waals surface area contributed by atoms with E-state index >= 15 is 0 Å². The summed E-state index contributed by atoms with van der Waals surface area (Å²) in [6.07, 6.45) is 4.48. The van der Waals surface area contributed by atoms with Crippen LogP contribution in [0.5, 0.6) is 11.5 Å². The lowest BCUT2D eigenvalue weighted by Gasteiger charge is -2.36. The Bertz CT molecular complexity index is 1390. The minimum atomic E-state index is -0.119. The van der Waals surface area contributed by atoms with E-state index in [1.165, 1.54) is 12.0 Å². The fraction of sp³-hybridized carbons (Fsp3) is 0.276. The van der Waals surface area contributed by atoms with Crippen LogP contribution in [0.25, 0.3) is 0 Å². The van der Waals surface area contributed by atoms with Crippen LogP contribution >= 0.6 is 0 Å². The van der Waals surface area contributed by atoms with Crippen LogP contribution in [0.1, 0.15) is 80.1 Å². The highest BCUT2D eigenvalue weighted by Crippen LogP contribution is 2.45. The lowest BCUT2D eigenvalue weighted by molar-refractivity contribution is 0.0979. The number of ketones is 2. The van der Waals surface area contributed by atoms with Crippen LogP contribution in [0.4, 0.5) is 0 Å². The first kappa shape index (κ1) is 20.8. The highest BCUT2D eigenvalue weighted by Gasteiger charge is 2.36. The number of ether oxygens (including phenoxy) is 2. The van der Waals surface area contributed by atoms with Gasteiger partial charge in [0.2, 0.25) is 0 Å². The van der Waals surface area contributed by atoms with Gasteiger partial charge in [0.15, 0.2) is 23.1 Å². The van der Waals surface area contributed by atoms with Crippen LogP contribution in [0.3, 0.4) is 0 Å². The fourth-order valence-corrected chi connectivity index (χ4v) is 5.75. The first-order valence-electron chi connectivity index (χ1n) is 11.8. The molecule has 0 spiro atoms. The summed E-state index contributed by atoms with van der Waals surface area (Å²) in [7, 11) is 3.29. The Balaban J connectivity index is 1.52. The van der Waals surface area contributed by atoms with E-state index in [-0.39, 0.29) is 17.6 Å². The summed E-state index contributed by atoms with van der Waals surface area (Å²) in [5, 5.41) is 0. The minimum absolute atomic E-state index is 0.110. The molecule has 0 saturated heterocycles. The molecular weight excluding hydrogens is 426 g/mol. The summed E-state index contributed by atoms with van der Waals surface area (Å²) in [6, 6.07) is 16.9. The van der Waals surface area contributed by atoms with E-state index in [2.05, 4.69) is 6.07 Å². The molecule has 1 fully saturated rings. The maximum Gasteiger partial charge on any atom is 0.194 e. The van der Waals surface area contributed by atoms with Crippen molar-refractivity contribution >= 4 is 17.3 Å². The zero-order valence-corrected chi connectivity index (χ0v) is 19.3. The van der Waals surface area contributed by atoms with Crippen molar-refractivity contribution in [1.29, 1.82) is 0 Å². The molecule has 0 unspecified atom stereocenters. The molecule has 3 aliphatic rings. The quantitative estimate of drug-likeness (QED) is 0.421. The van der Waals surface area contributed by atoms with Crippen LogP contribution in [0.15, 0.2) is 59.6 Å². The Kier molecular flexibility index (Phi) is 4.87. The van der Waals surface area contributed by atoms with E-state index < -0.39 is 0 Å². The number of hydrogen-bond donors (Lipinski definition) is 0. The average Bonchev–Trinajstić information content (AvgIpc) is 2.90. The molecule has 3 aromatic rings. The summed E-state index contributed by atoms with van der Waals surface area (Å²) in [4.78, 5) is 31.6. The second kappa shape index (κ2) is 7.94. The van der Waals surface area contributed by atoms with E-state index in [0.29, 0.717) is 33.9 Å². The molecule has 1 saturated carbocycles. The van der Waals surface area contributed by atoms with Gasteiger partial charge in [0, 0.05) is 39.3 Å². The molecular formula is C29H25NO4. The lowest BCUT2D eigenvalue weighted by atomic mass is 9.74. The molecule has 3 aromatic carbocycles. The van der Waals surface area contributed by atoms with Gasteiger partial charge in [-0.05, 0) is 42.7 Å². The van der Waals surface area contributed by atoms with Gasteiger partial charge in [-0.1, -0.05) is 43.2 Å². The molecule has 5 nitrogen and oxygen atoms in total. The third-order valence-electron chi connectivity index (χ3n) is 7.43. The molecule has 2 aliphatic carbocycles. The van der Waals surface area contributed by atoms with Crippen LogP contribution in [-0.2, 0) is 0 Å². The van der Waals surface area contributed by atoms with Crippen molar-refractivity contribution in [3.63, 3.8) is 0 Å². The lowest BCUT2D eigenvalue weighted by Crippen LogP contribution is -2.30. The summed E-state index contributed by atoms with van der Waals surface area (Å²) in [5.41, 5.74) is 5.74. The van der Waals surface area contributed by atoms with Gasteiger partial charge in [0.1, 0.15) is 0 Å². The number of methoxy groups -OCH3 is 2. The zero-order valence-electron chi connectivity index (χ0n) is 19.3. The molecule has 1 heterocycles. The standard InChI is InChI=1S/C29H25NO4/c1-33-25-14-21-17-7-5-6-10-24(17)30-27(22(21)15-26(25)34-2)16-11-12-20-23(13-16)29(32)19-9-4-3-8-18(19)28(20)31/h3-4,8-9,11-15,17,24H,5-7,10H2,1-2H3/t17-,24-/m0/s1. The number of aliphatic imine (C=N–C) groups is 1. The predicted molar refractivity (Wildman–Crippen MR) is 130 cm³/mol. The zero-order chi connectivity index (χ0) is 23.4. The number of fused-ring (bicyclic) bond motifs is 5. The Morgan fingerprint density at radius 3 is 2.12 bits per heavy atom. The van der Waals surface area contributed by atoms with Gasteiger partial charge in [0.05, 0.1) is 26.0 Å². The van der Waals surface area contributed by atoms with Crippen molar-refractivity contribution in [2.75, 3.05) is 14.2 Å². The molecule has 0 bridgehead atoms. The first-order chi connectivity index (χ1) is 16.6. The van der Waals surface area contributed by atoms with Gasteiger partial charge in [0.25, 0.3) is 0 Å². The van der Waals surface area contributed by atoms with E-state index in [1.54, 1.807) is 44.6 Å². The number of rotatable bonds is 3. The number of carbonyl (C=O) groups excluding carboxylic acids is 2. The van der Waals surface area contributed by atoms with Gasteiger partial charge in [-0.2, -0.15) is 0 Å². The van der Waals surface area contributed by atoms with Gasteiger partial charge in [-0.15, -0.1) is 0 Å². The SMILES string of the molecule is COc1cc2c(cc1OC)[C@@H]1CCCC[C@@H]1N=C2c1ccc2c(c1)C(=O)c1ccccc1C2=O. The van der Waals surface area contributed by atoms with Crippen molar-refractivity contribution < 1.29 is 19.1 Å². The molecule has 0 aromatic heterocycles. The Morgan fingerprint density at radius 2 is 1.38 bits per heavy atom. The number of nitrogens with zero attached hydrogens (tertiary/aromatic N) is 1. The topological polar surface area (TPSA) is 65.0 Å². The van der Waals surface area contributed by atoms with Crippen LogP contribution < -0.4 is 9.47 Å². The third kappa shape index (κ3) is 3.03. The molecule has 6 rings (SSSR count). The van der Waals surface area contributed by atoms with Crippen molar-refractivity contribution in [3.8, 4) is 11.5 Å². The molecule has 0 amide bonds. The number of benzene rings is 3. The monoisotopic (exact) mass is 451 g/mol. The fourth-order valence-electron chi connectivity index (χ4n) is 5.75. The predicted octanol–water partition coefficient (Wildman–Crippen LogP) is 5.36. The summed E-state index contributed by atoms with van der Waals surface area (Å²) in [6.45, 7) is 0. The van der Waals surface area contributed by atoms with Crippen LogP contribution in [-0.4, -0.2) is 37.5 Å². The molecule has 0 radical (unpaired) electrons. The van der Waals surface area contributed by atoms with Crippen molar-refractivity contribution in [2.24, 2.45) is 4.99 Å². The third-order valence-corrected chi connectivity index (χ3v) is 7.43. The Hall–Kier alpha value is -3.73. The van der Waals surface area contributed by atoms with Gasteiger partial charge >= 0.3 is 0 Å². The largest absolute Gasteiger partial charge is 0.493 e. The van der Waals surface area contributed by atoms with Crippen molar-refractivity contribution in [2.45, 2.75) is 37.6 Å². The van der Waals surface area contributed by atoms with E-state index in [1.807, 2.05) is 18.2 Å². The van der Waals surface area contributed by atoms with Crippen LogP contribution in [0.2, 0.25) is 0 Å².